The van der Waals surface area contributed by atoms with Crippen molar-refractivity contribution in [2.75, 3.05) is 20.3 Å². The molecule has 5 heteroatoms. The van der Waals surface area contributed by atoms with Gasteiger partial charge in [0.2, 0.25) is 0 Å². The molecule has 0 bridgehead atoms. The Balaban J connectivity index is 1.79. The van der Waals surface area contributed by atoms with Crippen molar-refractivity contribution in [2.24, 2.45) is 5.92 Å². The van der Waals surface area contributed by atoms with Crippen molar-refractivity contribution < 1.29 is 14.6 Å². The monoisotopic (exact) mass is 292 g/mol. The van der Waals surface area contributed by atoms with Crippen molar-refractivity contribution in [3.8, 4) is 5.75 Å². The van der Waals surface area contributed by atoms with Gasteiger partial charge in [-0.15, -0.1) is 0 Å². The van der Waals surface area contributed by atoms with Gasteiger partial charge in [-0.25, -0.2) is 4.79 Å². The molecule has 1 atom stereocenters. The highest BCUT2D eigenvalue weighted by molar-refractivity contribution is 5.74. The lowest BCUT2D eigenvalue weighted by molar-refractivity contribution is 0.155. The lowest BCUT2D eigenvalue weighted by Crippen LogP contribution is -2.54. The van der Waals surface area contributed by atoms with Crippen LogP contribution in [-0.2, 0) is 6.42 Å². The van der Waals surface area contributed by atoms with Crippen LogP contribution < -0.4 is 15.4 Å². The zero-order valence-electron chi connectivity index (χ0n) is 12.7. The van der Waals surface area contributed by atoms with Crippen molar-refractivity contribution in [1.29, 1.82) is 0 Å². The van der Waals surface area contributed by atoms with E-state index in [1.54, 1.807) is 7.11 Å². The quantitative estimate of drug-likeness (QED) is 0.716. The number of ether oxygens (including phenoxy) is 1. The van der Waals surface area contributed by atoms with Crippen molar-refractivity contribution in [2.45, 2.75) is 31.7 Å². The van der Waals surface area contributed by atoms with Gasteiger partial charge in [-0.3, -0.25) is 0 Å². The lowest BCUT2D eigenvalue weighted by atomic mass is 9.97. The Labute approximate surface area is 125 Å². The molecular formula is C16H24N2O3. The molecule has 0 aromatic heterocycles. The predicted octanol–water partition coefficient (Wildman–Crippen LogP) is 1.70. The van der Waals surface area contributed by atoms with Crippen molar-refractivity contribution in [3.63, 3.8) is 0 Å². The lowest BCUT2D eigenvalue weighted by Gasteiger charge is -2.28. The molecule has 0 saturated heterocycles. The third-order valence-corrected chi connectivity index (χ3v) is 4.08. The highest BCUT2D eigenvalue weighted by Gasteiger charge is 2.42. The molecule has 0 heterocycles. The van der Waals surface area contributed by atoms with Crippen LogP contribution >= 0.6 is 0 Å². The molecule has 5 nitrogen and oxygen atoms in total. The summed E-state index contributed by atoms with van der Waals surface area (Å²) in [5, 5.41) is 15.2. The number of hydrogen-bond donors (Lipinski definition) is 3. The van der Waals surface area contributed by atoms with Crippen molar-refractivity contribution in [3.05, 3.63) is 29.8 Å². The predicted molar refractivity (Wildman–Crippen MR) is 81.4 cm³/mol. The summed E-state index contributed by atoms with van der Waals surface area (Å²) in [5.41, 5.74) is 0.557. The van der Waals surface area contributed by atoms with Crippen LogP contribution in [0.25, 0.3) is 0 Å². The number of hydrogen-bond acceptors (Lipinski definition) is 3. The summed E-state index contributed by atoms with van der Waals surface area (Å²) in [7, 11) is 1.64. The molecule has 2 rings (SSSR count). The first-order valence-corrected chi connectivity index (χ1v) is 7.38. The fraction of sp³-hybridized carbons (Fsp3) is 0.562. The van der Waals surface area contributed by atoms with Crippen LogP contribution in [0.4, 0.5) is 4.79 Å². The van der Waals surface area contributed by atoms with Crippen LogP contribution in [-0.4, -0.2) is 36.9 Å². The second kappa shape index (κ2) is 6.80. The number of carbonyl (C=O) groups is 1. The average molecular weight is 292 g/mol. The fourth-order valence-electron chi connectivity index (χ4n) is 2.51. The number of rotatable bonds is 7. The normalized spacial score (nSPS) is 16.9. The van der Waals surface area contributed by atoms with E-state index in [1.807, 2.05) is 31.2 Å². The standard InChI is InChI=1S/C16H24N2O3/c1-16(11-19,13-7-8-13)18-15(20)17-10-9-12-5-3-4-6-14(12)21-2/h3-6,13,19H,7-11H2,1-2H3,(H2,17,18,20). The first kappa shape index (κ1) is 15.6. The van der Waals surface area contributed by atoms with Gasteiger partial charge in [-0.1, -0.05) is 18.2 Å². The average Bonchev–Trinajstić information content (AvgIpc) is 3.32. The summed E-state index contributed by atoms with van der Waals surface area (Å²) in [6.45, 7) is 2.39. The molecular weight excluding hydrogens is 268 g/mol. The van der Waals surface area contributed by atoms with Crippen LogP contribution in [0.5, 0.6) is 5.75 Å². The Morgan fingerprint density at radius 2 is 2.14 bits per heavy atom. The SMILES string of the molecule is COc1ccccc1CCNC(=O)NC(C)(CO)C1CC1. The van der Waals surface area contributed by atoms with Gasteiger partial charge in [0, 0.05) is 6.54 Å². The molecule has 1 aliphatic rings. The second-order valence-electron chi connectivity index (χ2n) is 5.79. The molecule has 1 aromatic rings. The first-order valence-electron chi connectivity index (χ1n) is 7.38. The number of amides is 2. The van der Waals surface area contributed by atoms with Crippen LogP contribution in [0.3, 0.4) is 0 Å². The van der Waals surface area contributed by atoms with Crippen LogP contribution in [0.1, 0.15) is 25.3 Å². The van der Waals surface area contributed by atoms with Crippen molar-refractivity contribution in [1.82, 2.24) is 10.6 Å². The van der Waals surface area contributed by atoms with Gasteiger partial charge in [-0.2, -0.15) is 0 Å². The summed E-state index contributed by atoms with van der Waals surface area (Å²) in [4.78, 5) is 11.9. The van der Waals surface area contributed by atoms with E-state index in [2.05, 4.69) is 10.6 Å². The Morgan fingerprint density at radius 3 is 2.76 bits per heavy atom. The summed E-state index contributed by atoms with van der Waals surface area (Å²) >= 11 is 0. The molecule has 0 aliphatic heterocycles. The maximum absolute atomic E-state index is 11.9. The number of carbonyl (C=O) groups excluding carboxylic acids is 1. The molecule has 1 fully saturated rings. The van der Waals surface area contributed by atoms with E-state index < -0.39 is 5.54 Å². The highest BCUT2D eigenvalue weighted by atomic mass is 16.5. The molecule has 1 unspecified atom stereocenters. The van der Waals surface area contributed by atoms with E-state index in [-0.39, 0.29) is 12.6 Å². The van der Waals surface area contributed by atoms with E-state index in [0.29, 0.717) is 18.9 Å². The summed E-state index contributed by atoms with van der Waals surface area (Å²) in [5.74, 6) is 1.22. The van der Waals surface area contributed by atoms with E-state index in [4.69, 9.17) is 4.74 Å². The van der Waals surface area contributed by atoms with Crippen molar-refractivity contribution >= 4 is 6.03 Å². The second-order valence-corrected chi connectivity index (χ2v) is 5.79. The minimum absolute atomic E-state index is 0.0302. The van der Waals surface area contributed by atoms with Gasteiger partial charge in [0.15, 0.2) is 0 Å². The Kier molecular flexibility index (Phi) is 5.07. The molecule has 3 N–H and O–H groups in total. The largest absolute Gasteiger partial charge is 0.496 e. The van der Waals surface area contributed by atoms with E-state index in [1.165, 1.54) is 0 Å². The summed E-state index contributed by atoms with van der Waals surface area (Å²) in [6, 6.07) is 7.54. The van der Waals surface area contributed by atoms with Crippen LogP contribution in [0.2, 0.25) is 0 Å². The molecule has 1 saturated carbocycles. The number of urea groups is 1. The molecule has 1 aromatic carbocycles. The Morgan fingerprint density at radius 1 is 1.43 bits per heavy atom. The van der Waals surface area contributed by atoms with Gasteiger partial charge in [-0.05, 0) is 43.7 Å². The molecule has 116 valence electrons. The van der Waals surface area contributed by atoms with E-state index in [0.717, 1.165) is 24.2 Å². The zero-order chi connectivity index (χ0) is 15.3. The molecule has 0 spiro atoms. The third kappa shape index (κ3) is 4.11. The number of nitrogens with one attached hydrogen (secondary N) is 2. The topological polar surface area (TPSA) is 70.6 Å². The van der Waals surface area contributed by atoms with Crippen LogP contribution in [0, 0.1) is 5.92 Å². The van der Waals surface area contributed by atoms with Gasteiger partial charge >= 0.3 is 6.03 Å². The number of methoxy groups -OCH3 is 1. The Hall–Kier alpha value is -1.75. The van der Waals surface area contributed by atoms with Gasteiger partial charge in [0.05, 0.1) is 19.3 Å². The maximum Gasteiger partial charge on any atom is 0.315 e. The van der Waals surface area contributed by atoms with Crippen LogP contribution in [0.15, 0.2) is 24.3 Å². The molecule has 1 aliphatic carbocycles. The minimum Gasteiger partial charge on any atom is -0.496 e. The van der Waals surface area contributed by atoms with Gasteiger partial charge in [0.1, 0.15) is 5.75 Å². The number of aliphatic hydroxyl groups excluding tert-OH is 1. The summed E-state index contributed by atoms with van der Waals surface area (Å²) < 4.78 is 5.28. The number of para-hydroxylation sites is 1. The fourth-order valence-corrected chi connectivity index (χ4v) is 2.51. The number of benzene rings is 1. The smallest absolute Gasteiger partial charge is 0.315 e. The van der Waals surface area contributed by atoms with Gasteiger partial charge in [0.25, 0.3) is 0 Å². The zero-order valence-corrected chi connectivity index (χ0v) is 12.7. The van der Waals surface area contributed by atoms with E-state index >= 15 is 0 Å². The third-order valence-electron chi connectivity index (χ3n) is 4.08. The van der Waals surface area contributed by atoms with E-state index in [9.17, 15) is 9.90 Å². The number of aliphatic hydroxyl groups is 1. The Bertz CT molecular complexity index is 488. The molecule has 21 heavy (non-hydrogen) atoms. The first-order chi connectivity index (χ1) is 10.1. The molecule has 2 amide bonds. The van der Waals surface area contributed by atoms with Gasteiger partial charge < -0.3 is 20.5 Å². The minimum atomic E-state index is -0.505. The summed E-state index contributed by atoms with van der Waals surface area (Å²) in [6.07, 6.45) is 2.84. The maximum atomic E-state index is 11.9. The molecule has 0 radical (unpaired) electrons. The highest BCUT2D eigenvalue weighted by Crippen LogP contribution is 2.39.